The molecule has 4 heteroatoms. The van der Waals surface area contributed by atoms with Crippen LogP contribution in [-0.2, 0) is 0 Å². The second kappa shape index (κ2) is 28.4. The van der Waals surface area contributed by atoms with Crippen LogP contribution in [0.5, 0.6) is 0 Å². The summed E-state index contributed by atoms with van der Waals surface area (Å²) in [4.78, 5) is 0. The van der Waals surface area contributed by atoms with Gasteiger partial charge in [-0.25, -0.2) is 0 Å². The van der Waals surface area contributed by atoms with E-state index in [0.29, 0.717) is 0 Å². The van der Waals surface area contributed by atoms with Crippen molar-refractivity contribution < 1.29 is 19.9 Å². The molecule has 0 radical (unpaired) electrons. The van der Waals surface area contributed by atoms with Gasteiger partial charge < -0.3 is 19.9 Å². The first-order chi connectivity index (χ1) is 15.6. The molecular weight excluding hydrogens is 432 g/mol. The minimum absolute atomic E-state index is 0. The molecule has 0 aliphatic carbocycles. The molecule has 0 amide bonds. The van der Waals surface area contributed by atoms with Crippen LogP contribution in [0.1, 0.15) is 152 Å². The van der Waals surface area contributed by atoms with Gasteiger partial charge in [-0.2, -0.15) is 0 Å². The molecule has 0 aliphatic rings. The third kappa shape index (κ3) is 20.6. The largest absolute Gasteiger partial charge is 0.870 e. The molecule has 0 aromatic heterocycles. The van der Waals surface area contributed by atoms with E-state index in [9.17, 15) is 0 Å². The van der Waals surface area contributed by atoms with Crippen LogP contribution in [0.25, 0.3) is 0 Å². The van der Waals surface area contributed by atoms with Gasteiger partial charge in [0.25, 0.3) is 0 Å². The van der Waals surface area contributed by atoms with E-state index in [4.69, 9.17) is 0 Å². The summed E-state index contributed by atoms with van der Waals surface area (Å²) in [6.07, 6.45) is 22.4. The highest BCUT2D eigenvalue weighted by atomic mass is 16.0. The number of quaternary nitrogens is 2. The first-order valence-electron chi connectivity index (χ1n) is 15.3. The van der Waals surface area contributed by atoms with Gasteiger partial charge in [-0.05, 0) is 64.2 Å². The van der Waals surface area contributed by atoms with E-state index >= 15 is 0 Å². The van der Waals surface area contributed by atoms with Crippen molar-refractivity contribution in [2.75, 3.05) is 52.4 Å². The van der Waals surface area contributed by atoms with E-state index in [1.165, 1.54) is 164 Å². The normalized spacial score (nSPS) is 11.5. The van der Waals surface area contributed by atoms with Gasteiger partial charge in [0.1, 0.15) is 0 Å². The Morgan fingerprint density at radius 2 is 0.457 bits per heavy atom. The molecule has 0 fully saturated rings. The van der Waals surface area contributed by atoms with Crippen LogP contribution >= 0.6 is 0 Å². The number of hydrogen-bond donors (Lipinski definition) is 0. The lowest BCUT2D eigenvalue weighted by molar-refractivity contribution is -0.929. The van der Waals surface area contributed by atoms with Gasteiger partial charge in [0.2, 0.25) is 0 Å². The molecule has 218 valence electrons. The lowest BCUT2D eigenvalue weighted by atomic mass is 10.1. The van der Waals surface area contributed by atoms with E-state index in [1.54, 1.807) is 0 Å². The van der Waals surface area contributed by atoms with E-state index < -0.39 is 0 Å². The first-order valence-corrected chi connectivity index (χ1v) is 15.3. The van der Waals surface area contributed by atoms with Crippen LogP contribution in [-0.4, -0.2) is 72.3 Å². The Morgan fingerprint density at radius 1 is 0.286 bits per heavy atom. The van der Waals surface area contributed by atoms with Gasteiger partial charge in [0.05, 0.1) is 52.4 Å². The second-order valence-corrected chi connectivity index (χ2v) is 11.0. The summed E-state index contributed by atoms with van der Waals surface area (Å²) in [6, 6.07) is 0. The highest BCUT2D eigenvalue weighted by Crippen LogP contribution is 2.20. The minimum atomic E-state index is 0. The zero-order chi connectivity index (χ0) is 24.0. The molecule has 0 saturated heterocycles. The fraction of sp³-hybridized carbons (Fsp3) is 1.00. The summed E-state index contributed by atoms with van der Waals surface area (Å²) < 4.78 is 2.86. The first kappa shape index (κ1) is 41.9. The van der Waals surface area contributed by atoms with Crippen LogP contribution in [0.15, 0.2) is 0 Å². The van der Waals surface area contributed by atoms with Crippen molar-refractivity contribution in [3.63, 3.8) is 0 Å². The van der Waals surface area contributed by atoms with Crippen LogP contribution in [0.4, 0.5) is 0 Å². The zero-order valence-corrected chi connectivity index (χ0v) is 24.8. The molecule has 2 N–H and O–H groups in total. The van der Waals surface area contributed by atoms with Crippen LogP contribution in [0.3, 0.4) is 0 Å². The summed E-state index contributed by atoms with van der Waals surface area (Å²) in [5.74, 6) is 0. The molecule has 0 unspecified atom stereocenters. The van der Waals surface area contributed by atoms with E-state index in [1.807, 2.05) is 0 Å². The number of hydrogen-bond acceptors (Lipinski definition) is 2. The van der Waals surface area contributed by atoms with Crippen molar-refractivity contribution in [2.45, 2.75) is 152 Å². The number of rotatable bonds is 25. The Kier molecular flexibility index (Phi) is 34.1. The highest BCUT2D eigenvalue weighted by Gasteiger charge is 2.26. The second-order valence-electron chi connectivity index (χ2n) is 11.0. The van der Waals surface area contributed by atoms with Crippen LogP contribution < -0.4 is 0 Å². The summed E-state index contributed by atoms with van der Waals surface area (Å²) in [5, 5.41) is 0. The van der Waals surface area contributed by atoms with Crippen molar-refractivity contribution in [3.8, 4) is 0 Å². The Bertz CT molecular complexity index is 311. The van der Waals surface area contributed by atoms with E-state index in [2.05, 4.69) is 41.5 Å². The predicted molar refractivity (Wildman–Crippen MR) is 158 cm³/mol. The smallest absolute Gasteiger partial charge is 0.0786 e. The van der Waals surface area contributed by atoms with Crippen LogP contribution in [0, 0.1) is 0 Å². The SMILES string of the molecule is C.CCCC[N+](CCCC)(CCCC)CCCCCC[N+](CCCC)(CCCC)CCCC.[OH-].[OH-]. The molecule has 0 aliphatic heterocycles. The molecule has 4 nitrogen and oxygen atoms in total. The zero-order valence-electron chi connectivity index (χ0n) is 24.8. The maximum atomic E-state index is 2.37. The Labute approximate surface area is 224 Å². The molecule has 0 aromatic rings. The molecule has 35 heavy (non-hydrogen) atoms. The third-order valence-corrected chi connectivity index (χ3v) is 7.93. The average molecular weight is 505 g/mol. The van der Waals surface area contributed by atoms with Gasteiger partial charge >= 0.3 is 0 Å². The molecule has 0 rings (SSSR count). The minimum Gasteiger partial charge on any atom is -0.870 e. The van der Waals surface area contributed by atoms with Crippen molar-refractivity contribution in [2.24, 2.45) is 0 Å². The number of unbranched alkanes of at least 4 members (excludes halogenated alkanes) is 9. The maximum absolute atomic E-state index is 2.37. The Morgan fingerprint density at radius 3 is 0.629 bits per heavy atom. The molecule has 0 spiro atoms. The fourth-order valence-corrected chi connectivity index (χ4v) is 5.55. The number of nitrogens with zero attached hydrogens (tertiary/aromatic N) is 2. The van der Waals surface area contributed by atoms with Crippen molar-refractivity contribution in [1.82, 2.24) is 0 Å². The Balaban J connectivity index is -0.00000160. The molecule has 0 bridgehead atoms. The average Bonchev–Trinajstić information content (AvgIpc) is 2.82. The fourth-order valence-electron chi connectivity index (χ4n) is 5.55. The topological polar surface area (TPSA) is 60.0 Å². The molecule has 0 aromatic carbocycles. The van der Waals surface area contributed by atoms with E-state index in [0.717, 1.165) is 0 Å². The van der Waals surface area contributed by atoms with Crippen molar-refractivity contribution >= 4 is 0 Å². The standard InChI is InChI=1S/C30H66N2.CH4.2H2O/c1-7-13-23-31(24-14-8-2,25-15-9-3)29-21-19-20-22-30-32(26-16-10-4,27-17-11-5)28-18-12-6;;;/h7-30H2,1-6H3;1H4;2*1H2/q+2;;;/p-2. The van der Waals surface area contributed by atoms with Crippen molar-refractivity contribution in [1.29, 1.82) is 0 Å². The molecule has 0 heterocycles. The van der Waals surface area contributed by atoms with Gasteiger partial charge in [-0.15, -0.1) is 0 Å². The monoisotopic (exact) mass is 505 g/mol. The quantitative estimate of drug-likeness (QED) is 0.0918. The lowest BCUT2D eigenvalue weighted by Gasteiger charge is -2.40. The third-order valence-electron chi connectivity index (χ3n) is 7.93. The lowest BCUT2D eigenvalue weighted by Crippen LogP contribution is -2.51. The molecule has 0 atom stereocenters. The molecular formula is C31H72N2O2. The van der Waals surface area contributed by atoms with Gasteiger partial charge in [0.15, 0.2) is 0 Å². The summed E-state index contributed by atoms with van der Waals surface area (Å²) in [7, 11) is 0. The van der Waals surface area contributed by atoms with Crippen molar-refractivity contribution in [3.05, 3.63) is 0 Å². The van der Waals surface area contributed by atoms with Gasteiger partial charge in [-0.1, -0.05) is 87.5 Å². The summed E-state index contributed by atoms with van der Waals surface area (Å²) >= 11 is 0. The van der Waals surface area contributed by atoms with Crippen LogP contribution in [0.2, 0.25) is 0 Å². The van der Waals surface area contributed by atoms with Gasteiger partial charge in [0, 0.05) is 0 Å². The molecule has 0 saturated carbocycles. The van der Waals surface area contributed by atoms with Gasteiger partial charge in [-0.3, -0.25) is 0 Å². The maximum Gasteiger partial charge on any atom is 0.0786 e. The predicted octanol–water partition coefficient (Wildman–Crippen LogP) is 9.26. The highest BCUT2D eigenvalue weighted by molar-refractivity contribution is 4.53. The van der Waals surface area contributed by atoms with E-state index in [-0.39, 0.29) is 18.4 Å². The summed E-state index contributed by atoms with van der Waals surface area (Å²) in [5.41, 5.74) is 0. The summed E-state index contributed by atoms with van der Waals surface area (Å²) in [6.45, 7) is 25.7. The Hall–Kier alpha value is -0.160.